The van der Waals surface area contributed by atoms with Crippen LogP contribution in [-0.4, -0.2) is 21.0 Å². The smallest absolute Gasteiger partial charge is 0.358 e. The molecule has 1 aromatic rings. The number of hydrogen-bond acceptors (Lipinski definition) is 4. The Balaban J connectivity index is 3.33. The second-order valence-corrected chi connectivity index (χ2v) is 2.50. The number of anilines is 1. The normalized spacial score (nSPS) is 9.83. The van der Waals surface area contributed by atoms with E-state index in [0.717, 1.165) is 0 Å². The Bertz CT molecular complexity index is 340. The van der Waals surface area contributed by atoms with Crippen LogP contribution < -0.4 is 5.73 Å². The average Bonchev–Trinajstić information content (AvgIpc) is 1.96. The van der Waals surface area contributed by atoms with Gasteiger partial charge in [0.2, 0.25) is 0 Å². The number of aromatic nitrogens is 2. The number of aromatic carboxylic acids is 1. The van der Waals surface area contributed by atoms with Crippen molar-refractivity contribution in [3.8, 4) is 0 Å². The summed E-state index contributed by atoms with van der Waals surface area (Å²) in [6, 6.07) is 0. The van der Waals surface area contributed by atoms with Gasteiger partial charge < -0.3 is 10.8 Å². The number of nitrogens with zero attached hydrogens (tertiary/aromatic N) is 2. The lowest BCUT2D eigenvalue weighted by Crippen LogP contribution is -2.09. The summed E-state index contributed by atoms with van der Waals surface area (Å²) in [7, 11) is 0. The molecule has 0 spiro atoms. The maximum absolute atomic E-state index is 10.5. The van der Waals surface area contributed by atoms with Gasteiger partial charge in [-0.1, -0.05) is 11.6 Å². The van der Waals surface area contributed by atoms with Crippen LogP contribution >= 0.6 is 11.6 Å². The Labute approximate surface area is 73.2 Å². The Morgan fingerprint density at radius 2 is 2.17 bits per heavy atom. The molecule has 0 aliphatic rings. The fourth-order valence-electron chi connectivity index (χ4n) is 0.668. The van der Waals surface area contributed by atoms with Crippen molar-refractivity contribution in [2.45, 2.75) is 6.92 Å². The van der Waals surface area contributed by atoms with Gasteiger partial charge in [-0.25, -0.2) is 14.8 Å². The van der Waals surface area contributed by atoms with Gasteiger partial charge in [-0.2, -0.15) is 0 Å². The topological polar surface area (TPSA) is 89.1 Å². The van der Waals surface area contributed by atoms with Crippen molar-refractivity contribution in [1.29, 1.82) is 0 Å². The minimum atomic E-state index is -1.21. The molecule has 12 heavy (non-hydrogen) atoms. The summed E-state index contributed by atoms with van der Waals surface area (Å²) < 4.78 is 0. The lowest BCUT2D eigenvalue weighted by molar-refractivity contribution is 0.0691. The fourth-order valence-corrected chi connectivity index (χ4v) is 0.801. The molecule has 6 heteroatoms. The van der Waals surface area contributed by atoms with Crippen molar-refractivity contribution in [2.75, 3.05) is 5.73 Å². The highest BCUT2D eigenvalue weighted by Gasteiger charge is 2.13. The van der Waals surface area contributed by atoms with Crippen LogP contribution in [0.2, 0.25) is 5.15 Å². The molecule has 1 heterocycles. The van der Waals surface area contributed by atoms with Gasteiger partial charge in [0.15, 0.2) is 16.7 Å². The molecule has 0 aliphatic heterocycles. The highest BCUT2D eigenvalue weighted by molar-refractivity contribution is 6.30. The van der Waals surface area contributed by atoms with Gasteiger partial charge in [0, 0.05) is 0 Å². The zero-order valence-electron chi connectivity index (χ0n) is 6.21. The van der Waals surface area contributed by atoms with Crippen molar-refractivity contribution in [3.63, 3.8) is 0 Å². The summed E-state index contributed by atoms with van der Waals surface area (Å²) in [5.74, 6) is -1.38. The Hall–Kier alpha value is -1.36. The van der Waals surface area contributed by atoms with Crippen LogP contribution in [0.1, 0.15) is 16.2 Å². The van der Waals surface area contributed by atoms with Crippen LogP contribution in [0, 0.1) is 6.92 Å². The third kappa shape index (κ3) is 1.45. The van der Waals surface area contributed by atoms with Crippen molar-refractivity contribution in [2.24, 2.45) is 0 Å². The van der Waals surface area contributed by atoms with E-state index in [1.165, 1.54) is 0 Å². The predicted octanol–water partition coefficient (Wildman–Crippen LogP) is 0.719. The molecule has 0 saturated heterocycles. The van der Waals surface area contributed by atoms with E-state index in [2.05, 4.69) is 9.97 Å². The van der Waals surface area contributed by atoms with Crippen molar-refractivity contribution in [1.82, 2.24) is 9.97 Å². The van der Waals surface area contributed by atoms with Gasteiger partial charge in [-0.3, -0.25) is 0 Å². The van der Waals surface area contributed by atoms with Crippen LogP contribution in [0.3, 0.4) is 0 Å². The Morgan fingerprint density at radius 3 is 2.67 bits per heavy atom. The molecule has 0 saturated carbocycles. The van der Waals surface area contributed by atoms with E-state index in [4.69, 9.17) is 22.4 Å². The molecular weight excluding hydrogens is 182 g/mol. The first-order valence-corrected chi connectivity index (χ1v) is 3.43. The van der Waals surface area contributed by atoms with E-state index in [1.54, 1.807) is 6.92 Å². The molecule has 5 nitrogen and oxygen atoms in total. The minimum Gasteiger partial charge on any atom is -0.476 e. The predicted molar refractivity (Wildman–Crippen MR) is 43.2 cm³/mol. The third-order valence-corrected chi connectivity index (χ3v) is 1.60. The molecule has 0 aromatic carbocycles. The lowest BCUT2D eigenvalue weighted by Gasteiger charge is -2.01. The number of carboxylic acid groups (broad SMARTS) is 1. The number of hydrogen-bond donors (Lipinski definition) is 2. The standard InChI is InChI=1S/C6H6ClN3O2/c1-2-4(7)10-5(8)3(9-2)6(11)12/h1H3,(H2,8,10)(H,11,12). The summed E-state index contributed by atoms with van der Waals surface area (Å²) in [4.78, 5) is 17.7. The molecule has 0 radical (unpaired) electrons. The molecule has 0 aliphatic carbocycles. The number of carboxylic acids is 1. The lowest BCUT2D eigenvalue weighted by atomic mass is 10.4. The van der Waals surface area contributed by atoms with E-state index in [0.29, 0.717) is 5.69 Å². The minimum absolute atomic E-state index is 0.123. The molecule has 1 aromatic heterocycles. The summed E-state index contributed by atoms with van der Waals surface area (Å²) in [6.07, 6.45) is 0. The third-order valence-electron chi connectivity index (χ3n) is 1.24. The number of nitrogen functional groups attached to an aromatic ring is 1. The van der Waals surface area contributed by atoms with E-state index < -0.39 is 5.97 Å². The van der Waals surface area contributed by atoms with E-state index in [9.17, 15) is 4.79 Å². The highest BCUT2D eigenvalue weighted by atomic mass is 35.5. The molecule has 0 amide bonds. The number of halogens is 1. The van der Waals surface area contributed by atoms with Crippen LogP contribution in [0.4, 0.5) is 5.82 Å². The molecule has 0 bridgehead atoms. The second kappa shape index (κ2) is 2.94. The fraction of sp³-hybridized carbons (Fsp3) is 0.167. The zero-order chi connectivity index (χ0) is 9.30. The van der Waals surface area contributed by atoms with E-state index >= 15 is 0 Å². The molecule has 0 atom stereocenters. The summed E-state index contributed by atoms with van der Waals surface area (Å²) >= 11 is 5.54. The largest absolute Gasteiger partial charge is 0.476 e. The zero-order valence-corrected chi connectivity index (χ0v) is 6.96. The number of rotatable bonds is 1. The average molecular weight is 188 g/mol. The van der Waals surface area contributed by atoms with Crippen molar-refractivity contribution in [3.05, 3.63) is 16.5 Å². The highest BCUT2D eigenvalue weighted by Crippen LogP contribution is 2.14. The van der Waals surface area contributed by atoms with Gasteiger partial charge in [0.05, 0.1) is 5.69 Å². The van der Waals surface area contributed by atoms with Gasteiger partial charge in [0.1, 0.15) is 0 Å². The summed E-state index contributed by atoms with van der Waals surface area (Å²) in [5, 5.41) is 8.68. The maximum Gasteiger partial charge on any atom is 0.358 e. The molecular formula is C6H6ClN3O2. The van der Waals surface area contributed by atoms with E-state index in [1.807, 2.05) is 0 Å². The SMILES string of the molecule is Cc1nc(C(=O)O)c(N)nc1Cl. The van der Waals surface area contributed by atoms with Crippen LogP contribution in [0.15, 0.2) is 0 Å². The first-order valence-electron chi connectivity index (χ1n) is 3.05. The molecule has 0 fully saturated rings. The molecule has 0 unspecified atom stereocenters. The van der Waals surface area contributed by atoms with E-state index in [-0.39, 0.29) is 16.7 Å². The summed E-state index contributed by atoms with van der Waals surface area (Å²) in [6.45, 7) is 1.56. The Morgan fingerprint density at radius 1 is 1.58 bits per heavy atom. The quantitative estimate of drug-likeness (QED) is 0.676. The van der Waals surface area contributed by atoms with Gasteiger partial charge in [-0.15, -0.1) is 0 Å². The maximum atomic E-state index is 10.5. The second-order valence-electron chi connectivity index (χ2n) is 2.14. The molecule has 3 N–H and O–H groups in total. The molecule has 1 rings (SSSR count). The van der Waals surface area contributed by atoms with Crippen LogP contribution in [-0.2, 0) is 0 Å². The number of aryl methyl sites for hydroxylation is 1. The van der Waals surface area contributed by atoms with Gasteiger partial charge >= 0.3 is 5.97 Å². The van der Waals surface area contributed by atoms with Gasteiger partial charge in [0.25, 0.3) is 0 Å². The first kappa shape index (κ1) is 8.73. The first-order chi connectivity index (χ1) is 5.52. The van der Waals surface area contributed by atoms with Crippen molar-refractivity contribution < 1.29 is 9.90 Å². The number of nitrogens with two attached hydrogens (primary N) is 1. The molecule has 64 valence electrons. The van der Waals surface area contributed by atoms with Crippen LogP contribution in [0.25, 0.3) is 0 Å². The summed E-state index contributed by atoms with van der Waals surface area (Å²) in [5.41, 5.74) is 5.34. The number of carbonyl (C=O) groups is 1. The monoisotopic (exact) mass is 187 g/mol. The van der Waals surface area contributed by atoms with Crippen molar-refractivity contribution >= 4 is 23.4 Å². The van der Waals surface area contributed by atoms with Gasteiger partial charge in [-0.05, 0) is 6.92 Å². The van der Waals surface area contributed by atoms with Crippen LogP contribution in [0.5, 0.6) is 0 Å². The Kier molecular flexibility index (Phi) is 2.14.